The Kier molecular flexibility index (Phi) is 5.90. The summed E-state index contributed by atoms with van der Waals surface area (Å²) in [7, 11) is 0. The van der Waals surface area contributed by atoms with Crippen LogP contribution in [0.2, 0.25) is 5.02 Å². The summed E-state index contributed by atoms with van der Waals surface area (Å²) in [6.45, 7) is 1.86. The molecule has 7 heteroatoms. The maximum absolute atomic E-state index is 13.2. The van der Waals surface area contributed by atoms with Crippen molar-refractivity contribution in [3.8, 4) is 0 Å². The second-order valence-corrected chi connectivity index (χ2v) is 6.79. The number of benzene rings is 2. The molecule has 0 aliphatic carbocycles. The number of carbonyl (C=O) groups is 2. The molecular weight excluding hydrogens is 383 g/mol. The van der Waals surface area contributed by atoms with E-state index in [1.807, 2.05) is 6.92 Å². The summed E-state index contributed by atoms with van der Waals surface area (Å²) < 4.78 is 13.2. The Morgan fingerprint density at radius 1 is 1.21 bits per heavy atom. The minimum atomic E-state index is -1.10. The summed E-state index contributed by atoms with van der Waals surface area (Å²) in [5.41, 5.74) is 1.82. The summed E-state index contributed by atoms with van der Waals surface area (Å²) in [6, 6.07) is 12.2. The highest BCUT2D eigenvalue weighted by Crippen LogP contribution is 2.30. The van der Waals surface area contributed by atoms with Crippen molar-refractivity contribution in [1.82, 2.24) is 0 Å². The number of hydrogen-bond donors (Lipinski definition) is 1. The predicted molar refractivity (Wildman–Crippen MR) is 107 cm³/mol. The molecule has 0 fully saturated rings. The van der Waals surface area contributed by atoms with E-state index in [1.165, 1.54) is 35.4 Å². The first kappa shape index (κ1) is 19.8. The lowest BCUT2D eigenvalue weighted by atomic mass is 9.92. The maximum Gasteiger partial charge on any atom is 0.331 e. The quantitative estimate of drug-likeness (QED) is 0.710. The van der Waals surface area contributed by atoms with Crippen LogP contribution in [-0.2, 0) is 9.59 Å². The highest BCUT2D eigenvalue weighted by atomic mass is 35.5. The van der Waals surface area contributed by atoms with E-state index >= 15 is 0 Å². The highest BCUT2D eigenvalue weighted by molar-refractivity contribution is 6.30. The normalized spacial score (nSPS) is 17.0. The molecule has 0 bridgehead atoms. The zero-order chi connectivity index (χ0) is 20.3. The van der Waals surface area contributed by atoms with Crippen LogP contribution >= 0.6 is 11.6 Å². The van der Waals surface area contributed by atoms with Gasteiger partial charge in [-0.3, -0.25) is 4.79 Å². The molecule has 0 spiro atoms. The van der Waals surface area contributed by atoms with Gasteiger partial charge >= 0.3 is 5.97 Å². The third-order valence-corrected chi connectivity index (χ3v) is 4.73. The van der Waals surface area contributed by atoms with Crippen LogP contribution in [0.15, 0.2) is 59.2 Å². The second-order valence-electron chi connectivity index (χ2n) is 6.35. The summed E-state index contributed by atoms with van der Waals surface area (Å²) in [5, 5.41) is 15.7. The molecule has 0 aromatic heterocycles. The molecule has 1 atom stereocenters. The van der Waals surface area contributed by atoms with Gasteiger partial charge in [-0.2, -0.15) is 5.10 Å². The zero-order valence-electron chi connectivity index (χ0n) is 15.1. The molecule has 1 unspecified atom stereocenters. The number of hydrogen-bond acceptors (Lipinski definition) is 3. The lowest BCUT2D eigenvalue weighted by Gasteiger charge is -2.15. The molecule has 1 amide bonds. The Bertz CT molecular complexity index is 953. The van der Waals surface area contributed by atoms with Crippen LogP contribution in [-0.4, -0.2) is 22.7 Å². The number of carboxylic acids is 1. The lowest BCUT2D eigenvalue weighted by Crippen LogP contribution is -2.28. The Labute approximate surface area is 166 Å². The molecule has 0 radical (unpaired) electrons. The van der Waals surface area contributed by atoms with Gasteiger partial charge in [0.1, 0.15) is 5.82 Å². The smallest absolute Gasteiger partial charge is 0.331 e. The molecule has 3 rings (SSSR count). The SMILES string of the molecule is CCC1=NN(c2ccc(F)cc2)C(=O)C1CC(=Cc1ccc(Cl)cc1)C(=O)O. The molecule has 1 heterocycles. The Hall–Kier alpha value is -2.99. The Morgan fingerprint density at radius 2 is 1.86 bits per heavy atom. The van der Waals surface area contributed by atoms with Crippen LogP contribution < -0.4 is 5.01 Å². The van der Waals surface area contributed by atoms with Crippen LogP contribution in [0.3, 0.4) is 0 Å². The average molecular weight is 401 g/mol. The van der Waals surface area contributed by atoms with Crippen molar-refractivity contribution in [3.05, 3.63) is 70.5 Å². The molecule has 144 valence electrons. The fourth-order valence-corrected chi connectivity index (χ4v) is 3.14. The van der Waals surface area contributed by atoms with E-state index in [-0.39, 0.29) is 17.9 Å². The molecule has 0 saturated heterocycles. The standard InChI is InChI=1S/C21H18ClFN2O3/c1-2-19-18(20(26)25(24-19)17-9-7-16(23)8-10-17)12-14(21(27)28)11-13-3-5-15(22)6-4-13/h3-11,18H,2,12H2,1H3,(H,27,28). The number of amides is 1. The maximum atomic E-state index is 13.2. The molecule has 1 aliphatic rings. The van der Waals surface area contributed by atoms with Gasteiger partial charge in [0.2, 0.25) is 0 Å². The minimum absolute atomic E-state index is 0.0150. The van der Waals surface area contributed by atoms with Gasteiger partial charge in [-0.25, -0.2) is 14.2 Å². The van der Waals surface area contributed by atoms with Gasteiger partial charge in [-0.1, -0.05) is 30.7 Å². The summed E-state index contributed by atoms with van der Waals surface area (Å²) in [6.07, 6.45) is 2.04. The third-order valence-electron chi connectivity index (χ3n) is 4.48. The van der Waals surface area contributed by atoms with Gasteiger partial charge in [-0.05, 0) is 60.9 Å². The second kappa shape index (κ2) is 8.35. The molecule has 2 aromatic rings. The van der Waals surface area contributed by atoms with Crippen LogP contribution in [0.1, 0.15) is 25.3 Å². The van der Waals surface area contributed by atoms with E-state index < -0.39 is 17.7 Å². The van der Waals surface area contributed by atoms with Crippen molar-refractivity contribution in [1.29, 1.82) is 0 Å². The zero-order valence-corrected chi connectivity index (χ0v) is 15.9. The van der Waals surface area contributed by atoms with Gasteiger partial charge in [0.25, 0.3) is 5.91 Å². The van der Waals surface area contributed by atoms with Gasteiger partial charge < -0.3 is 5.11 Å². The van der Waals surface area contributed by atoms with E-state index in [1.54, 1.807) is 24.3 Å². The largest absolute Gasteiger partial charge is 0.478 e. The van der Waals surface area contributed by atoms with Crippen molar-refractivity contribution in [2.75, 3.05) is 5.01 Å². The van der Waals surface area contributed by atoms with E-state index in [0.717, 1.165) is 0 Å². The van der Waals surface area contributed by atoms with Crippen molar-refractivity contribution in [2.45, 2.75) is 19.8 Å². The molecule has 5 nitrogen and oxygen atoms in total. The van der Waals surface area contributed by atoms with Crippen LogP contribution in [0, 0.1) is 11.7 Å². The lowest BCUT2D eigenvalue weighted by molar-refractivity contribution is -0.132. The fourth-order valence-electron chi connectivity index (χ4n) is 3.02. The van der Waals surface area contributed by atoms with Gasteiger partial charge in [0.15, 0.2) is 0 Å². The number of hydrazone groups is 1. The van der Waals surface area contributed by atoms with Gasteiger partial charge in [-0.15, -0.1) is 0 Å². The fraction of sp³-hybridized carbons (Fsp3) is 0.190. The van der Waals surface area contributed by atoms with Crippen molar-refractivity contribution >= 4 is 41.0 Å². The molecular formula is C21H18ClFN2O3. The van der Waals surface area contributed by atoms with E-state index in [2.05, 4.69) is 5.10 Å². The number of carboxylic acid groups (broad SMARTS) is 1. The van der Waals surface area contributed by atoms with Crippen molar-refractivity contribution in [2.24, 2.45) is 11.0 Å². The van der Waals surface area contributed by atoms with E-state index in [9.17, 15) is 19.1 Å². The topological polar surface area (TPSA) is 70.0 Å². The number of carbonyl (C=O) groups excluding carboxylic acids is 1. The number of nitrogens with zero attached hydrogens (tertiary/aromatic N) is 2. The molecule has 28 heavy (non-hydrogen) atoms. The van der Waals surface area contributed by atoms with Gasteiger partial charge in [0.05, 0.1) is 17.3 Å². The van der Waals surface area contributed by atoms with E-state index in [4.69, 9.17) is 11.6 Å². The van der Waals surface area contributed by atoms with Crippen LogP contribution in [0.25, 0.3) is 6.08 Å². The molecule has 0 saturated carbocycles. The number of aliphatic carboxylic acids is 1. The molecule has 1 aliphatic heterocycles. The Morgan fingerprint density at radius 3 is 2.43 bits per heavy atom. The van der Waals surface area contributed by atoms with E-state index in [0.29, 0.717) is 28.4 Å². The highest BCUT2D eigenvalue weighted by Gasteiger charge is 2.37. The first-order valence-corrected chi connectivity index (χ1v) is 9.13. The molecule has 2 aromatic carbocycles. The van der Waals surface area contributed by atoms with Crippen molar-refractivity contribution < 1.29 is 19.1 Å². The first-order chi connectivity index (χ1) is 13.4. The monoisotopic (exact) mass is 400 g/mol. The first-order valence-electron chi connectivity index (χ1n) is 8.75. The Balaban J connectivity index is 1.87. The minimum Gasteiger partial charge on any atom is -0.478 e. The van der Waals surface area contributed by atoms with Crippen LogP contribution in [0.4, 0.5) is 10.1 Å². The van der Waals surface area contributed by atoms with Crippen molar-refractivity contribution in [3.63, 3.8) is 0 Å². The van der Waals surface area contributed by atoms with Crippen LogP contribution in [0.5, 0.6) is 0 Å². The van der Waals surface area contributed by atoms with Gasteiger partial charge in [0, 0.05) is 10.6 Å². The molecule has 1 N–H and O–H groups in total. The number of rotatable bonds is 6. The summed E-state index contributed by atoms with van der Waals surface area (Å²) in [5.74, 6) is -2.51. The summed E-state index contributed by atoms with van der Waals surface area (Å²) in [4.78, 5) is 24.6. The number of anilines is 1. The predicted octanol–water partition coefficient (Wildman–Crippen LogP) is 4.77. The third kappa shape index (κ3) is 4.28. The number of halogens is 2. The summed E-state index contributed by atoms with van der Waals surface area (Å²) >= 11 is 5.86. The average Bonchev–Trinajstić information content (AvgIpc) is 2.99.